The number of amides is 1. The van der Waals surface area contributed by atoms with Crippen molar-refractivity contribution in [2.45, 2.75) is 12.2 Å². The standard InChI is InChI=1S/C23H20N2O4/c1-27-18-13-11-16(12-14-18)15-24-25-23(26)22-21(17-7-3-2-4-8-17)28-19-9-5-6-10-20(19)29-22/h2-15,21-22H,1H3,(H,25,26). The van der Waals surface area contributed by atoms with Gasteiger partial charge in [0, 0.05) is 0 Å². The summed E-state index contributed by atoms with van der Waals surface area (Å²) in [6.07, 6.45) is 0.106. The van der Waals surface area contributed by atoms with Gasteiger partial charge in [-0.05, 0) is 47.5 Å². The highest BCUT2D eigenvalue weighted by Crippen LogP contribution is 2.39. The summed E-state index contributed by atoms with van der Waals surface area (Å²) in [5.74, 6) is 1.49. The molecule has 6 heteroatoms. The number of nitrogens with zero attached hydrogens (tertiary/aromatic N) is 1. The highest BCUT2D eigenvalue weighted by atomic mass is 16.6. The van der Waals surface area contributed by atoms with Crippen molar-refractivity contribution in [1.29, 1.82) is 0 Å². The molecule has 2 unspecified atom stereocenters. The maximum absolute atomic E-state index is 12.8. The number of nitrogens with one attached hydrogen (secondary N) is 1. The number of benzene rings is 3. The highest BCUT2D eigenvalue weighted by Gasteiger charge is 2.38. The van der Waals surface area contributed by atoms with Crippen LogP contribution in [0.4, 0.5) is 0 Å². The van der Waals surface area contributed by atoms with Gasteiger partial charge in [-0.2, -0.15) is 5.10 Å². The van der Waals surface area contributed by atoms with Crippen LogP contribution in [0.5, 0.6) is 17.2 Å². The molecule has 0 spiro atoms. The second-order valence-corrected chi connectivity index (χ2v) is 6.44. The summed E-state index contributed by atoms with van der Waals surface area (Å²) in [6, 6.07) is 24.2. The molecule has 146 valence electrons. The van der Waals surface area contributed by atoms with E-state index in [9.17, 15) is 4.79 Å². The fraction of sp³-hybridized carbons (Fsp3) is 0.130. The maximum Gasteiger partial charge on any atom is 0.285 e. The molecule has 1 N–H and O–H groups in total. The molecule has 0 fully saturated rings. The van der Waals surface area contributed by atoms with Crippen LogP contribution in [0.1, 0.15) is 17.2 Å². The second kappa shape index (κ2) is 8.48. The van der Waals surface area contributed by atoms with Crippen LogP contribution in [-0.4, -0.2) is 25.3 Å². The van der Waals surface area contributed by atoms with Gasteiger partial charge in [-0.25, -0.2) is 5.43 Å². The number of methoxy groups -OCH3 is 1. The predicted octanol–water partition coefficient (Wildman–Crippen LogP) is 3.73. The van der Waals surface area contributed by atoms with Crippen molar-refractivity contribution in [3.8, 4) is 17.2 Å². The number of hydrazone groups is 1. The van der Waals surface area contributed by atoms with Crippen molar-refractivity contribution < 1.29 is 19.0 Å². The van der Waals surface area contributed by atoms with E-state index >= 15 is 0 Å². The van der Waals surface area contributed by atoms with E-state index in [0.29, 0.717) is 11.5 Å². The van der Waals surface area contributed by atoms with Crippen molar-refractivity contribution in [3.05, 3.63) is 90.0 Å². The van der Waals surface area contributed by atoms with E-state index in [0.717, 1.165) is 16.9 Å². The van der Waals surface area contributed by atoms with Gasteiger partial charge in [-0.15, -0.1) is 0 Å². The number of hydrogen-bond acceptors (Lipinski definition) is 5. The molecule has 4 rings (SSSR count). The van der Waals surface area contributed by atoms with Crippen molar-refractivity contribution in [1.82, 2.24) is 5.43 Å². The minimum Gasteiger partial charge on any atom is -0.497 e. The minimum absolute atomic E-state index is 0.391. The van der Waals surface area contributed by atoms with E-state index in [-0.39, 0.29) is 0 Å². The van der Waals surface area contributed by atoms with Gasteiger partial charge in [0.05, 0.1) is 13.3 Å². The zero-order valence-electron chi connectivity index (χ0n) is 15.8. The zero-order valence-corrected chi connectivity index (χ0v) is 15.8. The van der Waals surface area contributed by atoms with Crippen LogP contribution in [-0.2, 0) is 4.79 Å². The van der Waals surface area contributed by atoms with Gasteiger partial charge in [-0.1, -0.05) is 42.5 Å². The summed E-state index contributed by atoms with van der Waals surface area (Å²) in [5, 5.41) is 4.06. The first-order valence-corrected chi connectivity index (χ1v) is 9.19. The lowest BCUT2D eigenvalue weighted by Crippen LogP contribution is -2.44. The molecule has 1 amide bonds. The molecule has 3 aromatic rings. The first kappa shape index (κ1) is 18.6. The van der Waals surface area contributed by atoms with Crippen LogP contribution in [0.2, 0.25) is 0 Å². The van der Waals surface area contributed by atoms with E-state index in [1.54, 1.807) is 19.4 Å². The average molecular weight is 388 g/mol. The number of fused-ring (bicyclic) bond motifs is 1. The molecule has 3 aromatic carbocycles. The van der Waals surface area contributed by atoms with Crippen LogP contribution < -0.4 is 19.6 Å². The Hall–Kier alpha value is -3.80. The summed E-state index contributed by atoms with van der Waals surface area (Å²) < 4.78 is 17.2. The third kappa shape index (κ3) is 4.21. The van der Waals surface area contributed by atoms with Gasteiger partial charge in [0.25, 0.3) is 5.91 Å². The third-order valence-electron chi connectivity index (χ3n) is 4.52. The molecular formula is C23H20N2O4. The van der Waals surface area contributed by atoms with Gasteiger partial charge in [-0.3, -0.25) is 4.79 Å². The molecule has 0 aliphatic carbocycles. The number of ether oxygens (including phenoxy) is 3. The van der Waals surface area contributed by atoms with E-state index in [2.05, 4.69) is 10.5 Å². The fourth-order valence-corrected chi connectivity index (χ4v) is 3.04. The summed E-state index contributed by atoms with van der Waals surface area (Å²) in [4.78, 5) is 12.8. The molecule has 2 atom stereocenters. The summed E-state index contributed by atoms with van der Waals surface area (Å²) in [6.45, 7) is 0. The normalized spacial score (nSPS) is 17.7. The maximum atomic E-state index is 12.8. The average Bonchev–Trinajstić information content (AvgIpc) is 2.79. The van der Waals surface area contributed by atoms with Crippen molar-refractivity contribution in [2.24, 2.45) is 5.10 Å². The molecule has 0 saturated heterocycles. The Morgan fingerprint density at radius 1 is 0.931 bits per heavy atom. The molecule has 0 radical (unpaired) electrons. The Kier molecular flexibility index (Phi) is 5.42. The van der Waals surface area contributed by atoms with Crippen LogP contribution in [0.3, 0.4) is 0 Å². The van der Waals surface area contributed by atoms with E-state index in [4.69, 9.17) is 14.2 Å². The molecule has 29 heavy (non-hydrogen) atoms. The Morgan fingerprint density at radius 3 is 2.28 bits per heavy atom. The Morgan fingerprint density at radius 2 is 1.59 bits per heavy atom. The van der Waals surface area contributed by atoms with Gasteiger partial charge in [0.2, 0.25) is 6.10 Å². The SMILES string of the molecule is COc1ccc(C=NNC(=O)C2Oc3ccccc3OC2c2ccccc2)cc1. The Bertz CT molecular complexity index is 1000. The van der Waals surface area contributed by atoms with Crippen LogP contribution in [0, 0.1) is 0 Å². The topological polar surface area (TPSA) is 69.2 Å². The van der Waals surface area contributed by atoms with Gasteiger partial charge < -0.3 is 14.2 Å². The Balaban J connectivity index is 1.52. The molecule has 1 aliphatic heterocycles. The first-order chi connectivity index (χ1) is 14.2. The molecular weight excluding hydrogens is 368 g/mol. The van der Waals surface area contributed by atoms with E-state index in [1.807, 2.05) is 72.8 Å². The number of para-hydroxylation sites is 2. The number of carbonyl (C=O) groups excluding carboxylic acids is 1. The van der Waals surface area contributed by atoms with Gasteiger partial charge in [0.15, 0.2) is 17.6 Å². The first-order valence-electron chi connectivity index (χ1n) is 9.19. The van der Waals surface area contributed by atoms with Gasteiger partial charge >= 0.3 is 0 Å². The monoisotopic (exact) mass is 388 g/mol. The number of hydrogen-bond donors (Lipinski definition) is 1. The lowest BCUT2D eigenvalue weighted by Gasteiger charge is -2.32. The van der Waals surface area contributed by atoms with Crippen molar-refractivity contribution in [3.63, 3.8) is 0 Å². The largest absolute Gasteiger partial charge is 0.497 e. The number of carbonyl (C=O) groups is 1. The Labute approximate surface area is 168 Å². The van der Waals surface area contributed by atoms with Crippen LogP contribution in [0.25, 0.3) is 0 Å². The molecule has 0 aromatic heterocycles. The summed E-state index contributed by atoms with van der Waals surface area (Å²) >= 11 is 0. The number of rotatable bonds is 5. The molecule has 1 aliphatic rings. The lowest BCUT2D eigenvalue weighted by atomic mass is 10.0. The smallest absolute Gasteiger partial charge is 0.285 e. The highest BCUT2D eigenvalue weighted by molar-refractivity contribution is 5.85. The molecule has 0 bridgehead atoms. The van der Waals surface area contributed by atoms with Crippen LogP contribution >= 0.6 is 0 Å². The molecule has 6 nitrogen and oxygen atoms in total. The molecule has 0 saturated carbocycles. The van der Waals surface area contributed by atoms with Crippen molar-refractivity contribution >= 4 is 12.1 Å². The quantitative estimate of drug-likeness (QED) is 0.534. The van der Waals surface area contributed by atoms with E-state index < -0.39 is 18.1 Å². The fourth-order valence-electron chi connectivity index (χ4n) is 3.04. The van der Waals surface area contributed by atoms with Crippen molar-refractivity contribution in [2.75, 3.05) is 7.11 Å². The summed E-state index contributed by atoms with van der Waals surface area (Å²) in [7, 11) is 1.61. The van der Waals surface area contributed by atoms with Crippen LogP contribution in [0.15, 0.2) is 84.0 Å². The third-order valence-corrected chi connectivity index (χ3v) is 4.52. The zero-order chi connectivity index (χ0) is 20.1. The lowest BCUT2D eigenvalue weighted by molar-refractivity contribution is -0.134. The summed E-state index contributed by atoms with van der Waals surface area (Å²) in [5.41, 5.74) is 4.23. The molecule has 1 heterocycles. The minimum atomic E-state index is -0.875. The second-order valence-electron chi connectivity index (χ2n) is 6.44. The van der Waals surface area contributed by atoms with E-state index in [1.165, 1.54) is 0 Å². The van der Waals surface area contributed by atoms with Gasteiger partial charge in [0.1, 0.15) is 5.75 Å². The predicted molar refractivity (Wildman–Crippen MR) is 109 cm³/mol.